The zero-order valence-electron chi connectivity index (χ0n) is 19.6. The fourth-order valence-corrected chi connectivity index (χ4v) is 4.78. The van der Waals surface area contributed by atoms with Crippen molar-refractivity contribution >= 4 is 12.0 Å². The van der Waals surface area contributed by atoms with Gasteiger partial charge in [0, 0.05) is 32.7 Å². The molecule has 0 spiro atoms. The molecule has 1 aromatic heterocycles. The number of carbonyl (C=O) groups excluding carboxylic acids is 1. The maximum absolute atomic E-state index is 13.2. The van der Waals surface area contributed by atoms with Gasteiger partial charge in [0.05, 0.1) is 30.0 Å². The van der Waals surface area contributed by atoms with Gasteiger partial charge in [-0.3, -0.25) is 9.80 Å². The molecule has 0 unspecified atom stereocenters. The molecule has 2 aliphatic heterocycles. The lowest BCUT2D eigenvalue weighted by Crippen LogP contribution is -2.60. The fourth-order valence-electron chi connectivity index (χ4n) is 4.78. The van der Waals surface area contributed by atoms with Crippen LogP contribution in [-0.4, -0.2) is 69.7 Å². The molecule has 4 rings (SSSR count). The molecule has 2 saturated heterocycles. The van der Waals surface area contributed by atoms with Crippen LogP contribution in [0.25, 0.3) is 0 Å². The SMILES string of the molecule is C[C@@H]1CN(c2ncc(C#N)cn2)C[C@@H](C)N1C(=O)OC1(C)CCN(Cc2ccccc2)CC1. The molecule has 0 saturated carbocycles. The number of likely N-dealkylation sites (tertiary alicyclic amines) is 1. The van der Waals surface area contributed by atoms with E-state index in [1.54, 1.807) is 0 Å². The van der Waals surface area contributed by atoms with Gasteiger partial charge in [-0.05, 0) is 39.2 Å². The summed E-state index contributed by atoms with van der Waals surface area (Å²) in [7, 11) is 0. The van der Waals surface area contributed by atoms with Crippen LogP contribution in [0.15, 0.2) is 42.7 Å². The summed E-state index contributed by atoms with van der Waals surface area (Å²) in [5.74, 6) is 0.582. The molecule has 2 atom stereocenters. The predicted molar refractivity (Wildman–Crippen MR) is 126 cm³/mol. The van der Waals surface area contributed by atoms with Crippen molar-refractivity contribution in [1.82, 2.24) is 19.8 Å². The number of nitrogens with zero attached hydrogens (tertiary/aromatic N) is 6. The topological polar surface area (TPSA) is 85.6 Å². The third-order valence-corrected chi connectivity index (χ3v) is 6.68. The summed E-state index contributed by atoms with van der Waals surface area (Å²) in [6, 6.07) is 12.4. The Morgan fingerprint density at radius 3 is 2.30 bits per heavy atom. The number of aromatic nitrogens is 2. The Morgan fingerprint density at radius 2 is 1.73 bits per heavy atom. The van der Waals surface area contributed by atoms with E-state index in [4.69, 9.17) is 10.00 Å². The molecule has 8 heteroatoms. The lowest BCUT2D eigenvalue weighted by Gasteiger charge is -2.46. The zero-order chi connectivity index (χ0) is 23.4. The van der Waals surface area contributed by atoms with Crippen molar-refractivity contribution in [3.05, 3.63) is 53.9 Å². The molecular weight excluding hydrogens is 416 g/mol. The smallest absolute Gasteiger partial charge is 0.410 e. The van der Waals surface area contributed by atoms with Crippen LogP contribution < -0.4 is 4.90 Å². The van der Waals surface area contributed by atoms with Crippen LogP contribution in [0, 0.1) is 11.3 Å². The van der Waals surface area contributed by atoms with E-state index in [9.17, 15) is 4.79 Å². The highest BCUT2D eigenvalue weighted by atomic mass is 16.6. The molecule has 33 heavy (non-hydrogen) atoms. The van der Waals surface area contributed by atoms with Gasteiger partial charge in [-0.2, -0.15) is 5.26 Å². The Bertz CT molecular complexity index is 970. The minimum atomic E-state index is -0.447. The molecule has 1 aromatic carbocycles. The first kappa shape index (κ1) is 23.0. The number of benzene rings is 1. The van der Waals surface area contributed by atoms with Gasteiger partial charge in [0.25, 0.3) is 0 Å². The molecule has 174 valence electrons. The Morgan fingerprint density at radius 1 is 1.12 bits per heavy atom. The molecule has 3 heterocycles. The second kappa shape index (κ2) is 9.75. The van der Waals surface area contributed by atoms with Gasteiger partial charge in [0.15, 0.2) is 0 Å². The van der Waals surface area contributed by atoms with Crippen molar-refractivity contribution in [1.29, 1.82) is 5.26 Å². The summed E-state index contributed by atoms with van der Waals surface area (Å²) in [4.78, 5) is 28.1. The highest BCUT2D eigenvalue weighted by Gasteiger charge is 2.40. The highest BCUT2D eigenvalue weighted by molar-refractivity contribution is 5.69. The Balaban J connectivity index is 1.32. The summed E-state index contributed by atoms with van der Waals surface area (Å²) in [5.41, 5.74) is 1.30. The number of hydrogen-bond acceptors (Lipinski definition) is 7. The summed E-state index contributed by atoms with van der Waals surface area (Å²) < 4.78 is 6.10. The average molecular weight is 449 g/mol. The normalized spacial score (nSPS) is 23.1. The summed E-state index contributed by atoms with van der Waals surface area (Å²) in [5, 5.41) is 8.95. The van der Waals surface area contributed by atoms with Crippen molar-refractivity contribution in [3.63, 3.8) is 0 Å². The molecule has 8 nitrogen and oxygen atoms in total. The molecule has 2 fully saturated rings. The first-order valence-electron chi connectivity index (χ1n) is 11.6. The van der Waals surface area contributed by atoms with E-state index in [1.165, 1.54) is 18.0 Å². The lowest BCUT2D eigenvalue weighted by molar-refractivity contribution is -0.0479. The van der Waals surface area contributed by atoms with Crippen LogP contribution in [0.3, 0.4) is 0 Å². The van der Waals surface area contributed by atoms with E-state index < -0.39 is 5.60 Å². The molecule has 2 aromatic rings. The second-order valence-electron chi connectivity index (χ2n) is 9.47. The van der Waals surface area contributed by atoms with Gasteiger partial charge >= 0.3 is 6.09 Å². The van der Waals surface area contributed by atoms with E-state index in [1.807, 2.05) is 30.9 Å². The van der Waals surface area contributed by atoms with Gasteiger partial charge in [-0.25, -0.2) is 14.8 Å². The minimum Gasteiger partial charge on any atom is -0.443 e. The first-order chi connectivity index (χ1) is 15.9. The number of anilines is 1. The van der Waals surface area contributed by atoms with E-state index in [0.29, 0.717) is 24.6 Å². The summed E-state index contributed by atoms with van der Waals surface area (Å²) >= 11 is 0. The van der Waals surface area contributed by atoms with Gasteiger partial charge in [-0.15, -0.1) is 0 Å². The quantitative estimate of drug-likeness (QED) is 0.708. The fraction of sp³-hybridized carbons (Fsp3) is 0.520. The molecule has 0 N–H and O–H groups in total. The van der Waals surface area contributed by atoms with Crippen molar-refractivity contribution in [2.24, 2.45) is 0 Å². The van der Waals surface area contributed by atoms with Crippen molar-refractivity contribution in [2.45, 2.75) is 57.8 Å². The van der Waals surface area contributed by atoms with Gasteiger partial charge in [0.1, 0.15) is 11.7 Å². The third-order valence-electron chi connectivity index (χ3n) is 6.68. The molecule has 0 aliphatic carbocycles. The molecule has 0 bridgehead atoms. The number of amides is 1. The van der Waals surface area contributed by atoms with Crippen LogP contribution >= 0.6 is 0 Å². The van der Waals surface area contributed by atoms with Crippen molar-refractivity contribution < 1.29 is 9.53 Å². The second-order valence-corrected chi connectivity index (χ2v) is 9.47. The summed E-state index contributed by atoms with van der Waals surface area (Å²) in [6.07, 6.45) is 4.47. The number of ether oxygens (including phenoxy) is 1. The van der Waals surface area contributed by atoms with Crippen LogP contribution in [0.1, 0.15) is 44.7 Å². The van der Waals surface area contributed by atoms with E-state index in [2.05, 4.69) is 51.0 Å². The third kappa shape index (κ3) is 5.42. The average Bonchev–Trinajstić information content (AvgIpc) is 2.81. The molecular formula is C25H32N6O2. The van der Waals surface area contributed by atoms with E-state index in [-0.39, 0.29) is 18.2 Å². The predicted octanol–water partition coefficient (Wildman–Crippen LogP) is 3.44. The van der Waals surface area contributed by atoms with Crippen LogP contribution in [0.2, 0.25) is 0 Å². The number of nitriles is 1. The number of hydrogen-bond donors (Lipinski definition) is 0. The monoisotopic (exact) mass is 448 g/mol. The van der Waals surface area contributed by atoms with Crippen LogP contribution in [-0.2, 0) is 11.3 Å². The van der Waals surface area contributed by atoms with Crippen molar-refractivity contribution in [3.8, 4) is 6.07 Å². The minimum absolute atomic E-state index is 0.0396. The highest BCUT2D eigenvalue weighted by Crippen LogP contribution is 2.29. The van der Waals surface area contributed by atoms with Crippen LogP contribution in [0.4, 0.5) is 10.7 Å². The van der Waals surface area contributed by atoms with Crippen LogP contribution in [0.5, 0.6) is 0 Å². The zero-order valence-corrected chi connectivity index (χ0v) is 19.6. The van der Waals surface area contributed by atoms with Crippen molar-refractivity contribution in [2.75, 3.05) is 31.1 Å². The first-order valence-corrected chi connectivity index (χ1v) is 11.6. The number of rotatable bonds is 4. The molecule has 2 aliphatic rings. The Kier molecular flexibility index (Phi) is 6.80. The van der Waals surface area contributed by atoms with Gasteiger partial charge < -0.3 is 9.64 Å². The Labute approximate surface area is 195 Å². The lowest BCUT2D eigenvalue weighted by atomic mass is 9.93. The summed E-state index contributed by atoms with van der Waals surface area (Å²) in [6.45, 7) is 10.1. The number of piperidine rings is 1. The van der Waals surface area contributed by atoms with Gasteiger partial charge in [0.2, 0.25) is 5.95 Å². The molecule has 1 amide bonds. The van der Waals surface area contributed by atoms with E-state index in [0.717, 1.165) is 32.5 Å². The number of carbonyl (C=O) groups is 1. The number of piperazine rings is 1. The maximum Gasteiger partial charge on any atom is 0.410 e. The largest absolute Gasteiger partial charge is 0.443 e. The maximum atomic E-state index is 13.2. The van der Waals surface area contributed by atoms with E-state index >= 15 is 0 Å². The molecule has 0 radical (unpaired) electrons. The Hall–Kier alpha value is -3.18. The van der Waals surface area contributed by atoms with Gasteiger partial charge in [-0.1, -0.05) is 30.3 Å². The standard InChI is InChI=1S/C25H32N6O2/c1-19-16-30(23-27-14-22(13-26)15-28-23)17-20(2)31(19)24(32)33-25(3)9-11-29(12-10-25)18-21-7-5-4-6-8-21/h4-8,14-15,19-20H,9-12,16-18H2,1-3H3/t19-,20-/m1/s1.